The average molecular weight is 369 g/mol. The summed E-state index contributed by atoms with van der Waals surface area (Å²) in [6.45, 7) is 4.00. The lowest BCUT2D eigenvalue weighted by atomic mass is 9.98. The molecule has 0 N–H and O–H groups in total. The maximum absolute atomic E-state index is 13.2. The lowest BCUT2D eigenvalue weighted by Gasteiger charge is -2.26. The van der Waals surface area contributed by atoms with Gasteiger partial charge in [0.15, 0.2) is 0 Å². The van der Waals surface area contributed by atoms with Crippen LogP contribution < -0.4 is 4.90 Å². The van der Waals surface area contributed by atoms with Crippen molar-refractivity contribution in [1.29, 1.82) is 0 Å². The van der Waals surface area contributed by atoms with E-state index in [1.165, 1.54) is 4.90 Å². The second kappa shape index (κ2) is 7.83. The Labute approximate surface area is 158 Å². The molecule has 0 saturated heterocycles. The molecule has 1 amide bonds. The number of para-hydroxylation sites is 1. The van der Waals surface area contributed by atoms with Crippen molar-refractivity contribution in [3.8, 4) is 0 Å². The third-order valence-corrected chi connectivity index (χ3v) is 5.09. The molecular weight excluding hydrogens is 348 g/mol. The first kappa shape index (κ1) is 18.3. The fourth-order valence-corrected chi connectivity index (χ4v) is 3.47. The molecule has 2 unspecified atom stereocenters. The molecule has 0 aromatic heterocycles. The van der Waals surface area contributed by atoms with Gasteiger partial charge in [0.1, 0.15) is 12.3 Å². The number of aliphatic imine (C=N–C) groups is 1. The van der Waals surface area contributed by atoms with Gasteiger partial charge in [0, 0.05) is 11.1 Å². The van der Waals surface area contributed by atoms with Gasteiger partial charge in [0.2, 0.25) is 0 Å². The predicted octanol–water partition coefficient (Wildman–Crippen LogP) is 4.14. The molecule has 2 aromatic carbocycles. The van der Waals surface area contributed by atoms with Gasteiger partial charge in [-0.25, -0.2) is 0 Å². The minimum absolute atomic E-state index is 0.0416. The number of amides is 1. The molecule has 1 aliphatic heterocycles. The summed E-state index contributed by atoms with van der Waals surface area (Å²) >= 11 is 6.46. The van der Waals surface area contributed by atoms with Gasteiger partial charge >= 0.3 is 0 Å². The van der Waals surface area contributed by atoms with Crippen LogP contribution in [-0.4, -0.2) is 30.5 Å². The Bertz CT molecular complexity index is 848. The van der Waals surface area contributed by atoms with Crippen LogP contribution in [-0.2, 0) is 9.59 Å². The largest absolute Gasteiger partial charge is 0.301 e. The second-order valence-corrected chi connectivity index (χ2v) is 6.83. The molecule has 5 heteroatoms. The van der Waals surface area contributed by atoms with Crippen molar-refractivity contribution in [2.24, 2.45) is 10.9 Å². The van der Waals surface area contributed by atoms with Crippen LogP contribution in [0, 0.1) is 5.92 Å². The van der Waals surface area contributed by atoms with E-state index in [9.17, 15) is 9.59 Å². The molecule has 1 heterocycles. The van der Waals surface area contributed by atoms with E-state index in [1.807, 2.05) is 56.3 Å². The lowest BCUT2D eigenvalue weighted by Crippen LogP contribution is -2.41. The van der Waals surface area contributed by atoms with Crippen molar-refractivity contribution in [3.63, 3.8) is 0 Å². The van der Waals surface area contributed by atoms with Crippen LogP contribution in [0.1, 0.15) is 31.4 Å². The fourth-order valence-electron chi connectivity index (χ4n) is 3.19. The van der Waals surface area contributed by atoms with E-state index in [0.717, 1.165) is 29.5 Å². The first-order valence-corrected chi connectivity index (χ1v) is 9.13. The number of anilines is 1. The zero-order valence-electron chi connectivity index (χ0n) is 14.9. The Morgan fingerprint density at radius 2 is 1.92 bits per heavy atom. The van der Waals surface area contributed by atoms with Crippen molar-refractivity contribution < 1.29 is 9.59 Å². The molecule has 4 nitrogen and oxygen atoms in total. The minimum Gasteiger partial charge on any atom is -0.301 e. The second-order valence-electron chi connectivity index (χ2n) is 6.43. The first-order chi connectivity index (χ1) is 12.6. The van der Waals surface area contributed by atoms with Crippen LogP contribution in [0.25, 0.3) is 0 Å². The topological polar surface area (TPSA) is 49.7 Å². The predicted molar refractivity (Wildman–Crippen MR) is 105 cm³/mol. The molecule has 26 heavy (non-hydrogen) atoms. The van der Waals surface area contributed by atoms with Crippen LogP contribution in [0.3, 0.4) is 0 Å². The fraction of sp³-hybridized carbons (Fsp3) is 0.286. The third-order valence-electron chi connectivity index (χ3n) is 4.79. The summed E-state index contributed by atoms with van der Waals surface area (Å²) in [4.78, 5) is 30.8. The number of aldehydes is 1. The standard InChI is InChI=1S/C21H21ClN2O2/c1-3-14(2)18-21(26)24(12-13-25)20-16(10-7-11-17(20)22)19(23-18)15-8-5-4-6-9-15/h4-11,13-14,18H,3,12H2,1-2H3. The van der Waals surface area contributed by atoms with E-state index < -0.39 is 6.04 Å². The molecule has 0 radical (unpaired) electrons. The highest BCUT2D eigenvalue weighted by Crippen LogP contribution is 2.36. The number of carbonyl (C=O) groups is 2. The van der Waals surface area contributed by atoms with Crippen LogP contribution in [0.4, 0.5) is 5.69 Å². The van der Waals surface area contributed by atoms with Crippen molar-refractivity contribution >= 4 is 35.2 Å². The highest BCUT2D eigenvalue weighted by molar-refractivity contribution is 6.36. The molecule has 134 valence electrons. The monoisotopic (exact) mass is 368 g/mol. The molecular formula is C21H21ClN2O2. The van der Waals surface area contributed by atoms with Gasteiger partial charge in [0.25, 0.3) is 5.91 Å². The highest BCUT2D eigenvalue weighted by Gasteiger charge is 2.35. The van der Waals surface area contributed by atoms with E-state index >= 15 is 0 Å². The number of rotatable bonds is 5. The van der Waals surface area contributed by atoms with Gasteiger partial charge in [-0.3, -0.25) is 9.79 Å². The summed E-state index contributed by atoms with van der Waals surface area (Å²) in [5, 5.41) is 0.436. The van der Waals surface area contributed by atoms with E-state index in [0.29, 0.717) is 10.7 Å². The highest BCUT2D eigenvalue weighted by atomic mass is 35.5. The van der Waals surface area contributed by atoms with Crippen LogP contribution in [0.2, 0.25) is 5.02 Å². The maximum Gasteiger partial charge on any atom is 0.252 e. The number of hydrogen-bond acceptors (Lipinski definition) is 3. The maximum atomic E-state index is 13.2. The normalized spacial score (nSPS) is 18.0. The Kier molecular flexibility index (Phi) is 5.52. The molecule has 2 atom stereocenters. The van der Waals surface area contributed by atoms with Gasteiger partial charge in [-0.15, -0.1) is 0 Å². The molecule has 0 spiro atoms. The van der Waals surface area contributed by atoms with Gasteiger partial charge < -0.3 is 9.69 Å². The van der Waals surface area contributed by atoms with Crippen molar-refractivity contribution in [2.75, 3.05) is 11.4 Å². The van der Waals surface area contributed by atoms with Crippen molar-refractivity contribution in [3.05, 3.63) is 64.7 Å². The molecule has 3 rings (SSSR count). The molecule has 1 aliphatic rings. The van der Waals surface area contributed by atoms with Crippen LogP contribution >= 0.6 is 11.6 Å². The third kappa shape index (κ3) is 3.29. The Morgan fingerprint density at radius 1 is 1.19 bits per heavy atom. The number of halogens is 1. The summed E-state index contributed by atoms with van der Waals surface area (Å²) < 4.78 is 0. The van der Waals surface area contributed by atoms with Crippen molar-refractivity contribution in [1.82, 2.24) is 0 Å². The first-order valence-electron chi connectivity index (χ1n) is 8.75. The number of hydrogen-bond donors (Lipinski definition) is 0. The quantitative estimate of drug-likeness (QED) is 0.745. The van der Waals surface area contributed by atoms with Gasteiger partial charge in [-0.05, 0) is 12.0 Å². The summed E-state index contributed by atoms with van der Waals surface area (Å²) in [6.07, 6.45) is 1.53. The molecule has 0 bridgehead atoms. The number of benzodiazepines with no additional fused rings is 1. The smallest absolute Gasteiger partial charge is 0.252 e. The minimum atomic E-state index is -0.557. The van der Waals surface area contributed by atoms with Crippen LogP contribution in [0.5, 0.6) is 0 Å². The Morgan fingerprint density at radius 3 is 2.58 bits per heavy atom. The van der Waals surface area contributed by atoms with E-state index in [4.69, 9.17) is 16.6 Å². The van der Waals surface area contributed by atoms with Gasteiger partial charge in [-0.1, -0.05) is 74.3 Å². The summed E-state index contributed by atoms with van der Waals surface area (Å²) in [5.74, 6) is -0.143. The van der Waals surface area contributed by atoms with Crippen molar-refractivity contribution in [2.45, 2.75) is 26.3 Å². The number of carbonyl (C=O) groups excluding carboxylic acids is 2. The summed E-state index contributed by atoms with van der Waals surface area (Å²) in [7, 11) is 0. The van der Waals surface area contributed by atoms with E-state index in [-0.39, 0.29) is 18.4 Å². The summed E-state index contributed by atoms with van der Waals surface area (Å²) in [6, 6.07) is 14.7. The number of fused-ring (bicyclic) bond motifs is 1. The molecule has 0 saturated carbocycles. The SMILES string of the molecule is CCC(C)C1N=C(c2ccccc2)c2cccc(Cl)c2N(CC=O)C1=O. The zero-order chi connectivity index (χ0) is 18.7. The van der Waals surface area contributed by atoms with E-state index in [2.05, 4.69) is 0 Å². The Hall–Kier alpha value is -2.46. The van der Waals surface area contributed by atoms with Crippen LogP contribution in [0.15, 0.2) is 53.5 Å². The lowest BCUT2D eigenvalue weighted by molar-refractivity contribution is -0.121. The number of nitrogens with zero attached hydrogens (tertiary/aromatic N) is 2. The van der Waals surface area contributed by atoms with Gasteiger partial charge in [-0.2, -0.15) is 0 Å². The Balaban J connectivity index is 2.29. The average Bonchev–Trinajstić information content (AvgIpc) is 2.78. The molecule has 0 fully saturated rings. The molecule has 2 aromatic rings. The number of benzene rings is 2. The summed E-state index contributed by atoms with van der Waals surface area (Å²) in [5.41, 5.74) is 2.98. The molecule has 0 aliphatic carbocycles. The zero-order valence-corrected chi connectivity index (χ0v) is 15.6. The van der Waals surface area contributed by atoms with E-state index in [1.54, 1.807) is 6.07 Å². The van der Waals surface area contributed by atoms with Gasteiger partial charge in [0.05, 0.1) is 23.0 Å².